The zero-order valence-corrected chi connectivity index (χ0v) is 15.5. The van der Waals surface area contributed by atoms with Crippen LogP contribution in [0.1, 0.15) is 16.2 Å². The van der Waals surface area contributed by atoms with Crippen molar-refractivity contribution in [2.45, 2.75) is 6.92 Å². The fraction of sp³-hybridized carbons (Fsp3) is 0.0952. The number of benzene rings is 2. The fourth-order valence-corrected chi connectivity index (χ4v) is 3.07. The lowest BCUT2D eigenvalue weighted by atomic mass is 10.3. The van der Waals surface area contributed by atoms with Crippen molar-refractivity contribution in [3.63, 3.8) is 0 Å². The number of hydrogen-bond donors (Lipinski definition) is 1. The summed E-state index contributed by atoms with van der Waals surface area (Å²) in [4.78, 5) is 29.8. The van der Waals surface area contributed by atoms with Crippen molar-refractivity contribution >= 4 is 11.6 Å². The first-order chi connectivity index (χ1) is 13.6. The van der Waals surface area contributed by atoms with E-state index in [9.17, 15) is 9.59 Å². The average molecular weight is 373 g/mol. The van der Waals surface area contributed by atoms with Gasteiger partial charge in [-0.3, -0.25) is 14.3 Å². The molecule has 2 heterocycles. The number of anilines is 1. The van der Waals surface area contributed by atoms with Gasteiger partial charge in [0.15, 0.2) is 0 Å². The molecule has 4 rings (SSSR count). The maximum absolute atomic E-state index is 12.9. The van der Waals surface area contributed by atoms with Crippen LogP contribution in [0.2, 0.25) is 0 Å². The zero-order chi connectivity index (χ0) is 19.7. The number of hydrogen-bond acceptors (Lipinski definition) is 3. The Morgan fingerprint density at radius 3 is 2.21 bits per heavy atom. The lowest BCUT2D eigenvalue weighted by Gasteiger charge is -2.07. The highest BCUT2D eigenvalue weighted by molar-refractivity contribution is 6.03. The molecule has 1 amide bonds. The van der Waals surface area contributed by atoms with E-state index in [1.807, 2.05) is 60.7 Å². The number of imidazole rings is 1. The molecule has 0 radical (unpaired) electrons. The van der Waals surface area contributed by atoms with Gasteiger partial charge in [0, 0.05) is 18.9 Å². The van der Waals surface area contributed by atoms with Gasteiger partial charge in [0.25, 0.3) is 11.5 Å². The predicted molar refractivity (Wildman–Crippen MR) is 107 cm³/mol. The van der Waals surface area contributed by atoms with Gasteiger partial charge in [0.1, 0.15) is 17.7 Å². The number of rotatable bonds is 4. The summed E-state index contributed by atoms with van der Waals surface area (Å²) in [6, 6.07) is 18.9. The third-order valence-electron chi connectivity index (χ3n) is 4.66. The average Bonchev–Trinajstić information content (AvgIpc) is 3.30. The second kappa shape index (κ2) is 7.03. The van der Waals surface area contributed by atoms with Crippen molar-refractivity contribution in [2.24, 2.45) is 7.05 Å². The molecule has 0 spiro atoms. The smallest absolute Gasteiger partial charge is 0.295 e. The van der Waals surface area contributed by atoms with Crippen molar-refractivity contribution in [3.05, 3.63) is 94.9 Å². The van der Waals surface area contributed by atoms with Gasteiger partial charge < -0.3 is 9.88 Å². The van der Waals surface area contributed by atoms with Crippen LogP contribution in [0.15, 0.2) is 78.0 Å². The topological polar surface area (TPSA) is 73.8 Å². The molecule has 7 heteroatoms. The molecule has 0 fully saturated rings. The van der Waals surface area contributed by atoms with Crippen molar-refractivity contribution in [2.75, 3.05) is 5.32 Å². The summed E-state index contributed by atoms with van der Waals surface area (Å²) in [5.41, 5.74) is 2.47. The van der Waals surface area contributed by atoms with Gasteiger partial charge >= 0.3 is 0 Å². The molecular formula is C21H19N5O2. The minimum Gasteiger partial charge on any atom is -0.314 e. The third kappa shape index (κ3) is 3.03. The summed E-state index contributed by atoms with van der Waals surface area (Å²) in [6.07, 6.45) is 3.21. The van der Waals surface area contributed by atoms with Crippen LogP contribution in [0.25, 0.3) is 11.4 Å². The Balaban J connectivity index is 1.64. The van der Waals surface area contributed by atoms with Crippen molar-refractivity contribution in [1.29, 1.82) is 0 Å². The molecule has 0 unspecified atom stereocenters. The first kappa shape index (κ1) is 17.5. The summed E-state index contributed by atoms with van der Waals surface area (Å²) in [5.74, 6) is -0.430. The van der Waals surface area contributed by atoms with E-state index in [1.54, 1.807) is 35.7 Å². The summed E-state index contributed by atoms with van der Waals surface area (Å²) in [7, 11) is 1.78. The molecular weight excluding hydrogens is 354 g/mol. The van der Waals surface area contributed by atoms with E-state index in [2.05, 4.69) is 10.3 Å². The van der Waals surface area contributed by atoms with Crippen LogP contribution in [0.4, 0.5) is 5.69 Å². The number of aromatic nitrogens is 4. The molecule has 28 heavy (non-hydrogen) atoms. The lowest BCUT2D eigenvalue weighted by Crippen LogP contribution is -2.23. The van der Waals surface area contributed by atoms with Crippen molar-refractivity contribution in [3.8, 4) is 11.4 Å². The van der Waals surface area contributed by atoms with Crippen molar-refractivity contribution < 1.29 is 4.79 Å². The lowest BCUT2D eigenvalue weighted by molar-refractivity contribution is 0.102. The highest BCUT2D eigenvalue weighted by Crippen LogP contribution is 2.15. The Kier molecular flexibility index (Phi) is 4.41. The molecule has 0 atom stereocenters. The minimum absolute atomic E-state index is 0.234. The van der Waals surface area contributed by atoms with Gasteiger partial charge in [-0.15, -0.1) is 0 Å². The molecule has 2 aromatic heterocycles. The number of amides is 1. The van der Waals surface area contributed by atoms with E-state index in [1.165, 1.54) is 4.68 Å². The first-order valence-electron chi connectivity index (χ1n) is 8.81. The monoisotopic (exact) mass is 373 g/mol. The van der Waals surface area contributed by atoms with Crippen LogP contribution in [0, 0.1) is 6.92 Å². The first-order valence-corrected chi connectivity index (χ1v) is 8.81. The van der Waals surface area contributed by atoms with Gasteiger partial charge in [-0.25, -0.2) is 9.67 Å². The number of para-hydroxylation sites is 2. The Morgan fingerprint density at radius 2 is 1.57 bits per heavy atom. The molecule has 0 aliphatic heterocycles. The van der Waals surface area contributed by atoms with Gasteiger partial charge in [-0.2, -0.15) is 0 Å². The molecule has 0 aliphatic carbocycles. The maximum atomic E-state index is 12.9. The van der Waals surface area contributed by atoms with Crippen LogP contribution in [-0.2, 0) is 7.05 Å². The van der Waals surface area contributed by atoms with Crippen LogP contribution < -0.4 is 10.9 Å². The van der Waals surface area contributed by atoms with Gasteiger partial charge in [0.05, 0.1) is 11.4 Å². The zero-order valence-electron chi connectivity index (χ0n) is 15.5. The number of carbonyl (C=O) groups is 1. The number of nitrogens with zero attached hydrogens (tertiary/aromatic N) is 4. The van der Waals surface area contributed by atoms with Crippen molar-refractivity contribution in [1.82, 2.24) is 18.9 Å². The molecule has 4 aromatic rings. The summed E-state index contributed by atoms with van der Waals surface area (Å²) in [5, 5.41) is 2.72. The van der Waals surface area contributed by atoms with E-state index in [0.717, 1.165) is 11.4 Å². The predicted octanol–water partition coefficient (Wildman–Crippen LogP) is 2.92. The molecule has 0 aliphatic rings. The second-order valence-electron chi connectivity index (χ2n) is 6.39. The largest absolute Gasteiger partial charge is 0.314 e. The Labute approximate surface area is 161 Å². The fourth-order valence-electron chi connectivity index (χ4n) is 3.07. The van der Waals surface area contributed by atoms with Gasteiger partial charge in [-0.1, -0.05) is 36.4 Å². The van der Waals surface area contributed by atoms with Gasteiger partial charge in [-0.05, 0) is 31.2 Å². The highest BCUT2D eigenvalue weighted by atomic mass is 16.2. The summed E-state index contributed by atoms with van der Waals surface area (Å²) >= 11 is 0. The number of carbonyl (C=O) groups excluding carboxylic acids is 1. The van der Waals surface area contributed by atoms with Gasteiger partial charge in [0.2, 0.25) is 0 Å². The molecule has 1 N–H and O–H groups in total. The minimum atomic E-state index is -0.430. The highest BCUT2D eigenvalue weighted by Gasteiger charge is 2.19. The molecule has 0 saturated heterocycles. The maximum Gasteiger partial charge on any atom is 0.295 e. The Bertz CT molecular complexity index is 1190. The van der Waals surface area contributed by atoms with E-state index >= 15 is 0 Å². The van der Waals surface area contributed by atoms with E-state index in [0.29, 0.717) is 5.69 Å². The molecule has 140 valence electrons. The summed E-state index contributed by atoms with van der Waals surface area (Å²) < 4.78 is 5.00. The summed E-state index contributed by atoms with van der Waals surface area (Å²) in [6.45, 7) is 1.79. The van der Waals surface area contributed by atoms with Crippen LogP contribution in [-0.4, -0.2) is 24.8 Å². The second-order valence-corrected chi connectivity index (χ2v) is 6.39. The molecule has 0 bridgehead atoms. The normalized spacial score (nSPS) is 10.8. The standard InChI is InChI=1S/C21H19N5O2/c1-15-19(21(28)26(24(15)2)17-11-7-4-8-12-17)23-20(27)18-13-25(14-22-18)16-9-5-3-6-10-16/h3-14H,1-2H3,(H,23,27). The molecule has 0 saturated carbocycles. The van der Waals surface area contributed by atoms with E-state index < -0.39 is 5.91 Å². The van der Waals surface area contributed by atoms with Crippen LogP contribution in [0.5, 0.6) is 0 Å². The Morgan fingerprint density at radius 1 is 0.964 bits per heavy atom. The van der Waals surface area contributed by atoms with E-state index in [4.69, 9.17) is 0 Å². The Hall–Kier alpha value is -3.87. The van der Waals surface area contributed by atoms with Crippen LogP contribution >= 0.6 is 0 Å². The number of nitrogens with one attached hydrogen (secondary N) is 1. The SMILES string of the molecule is Cc1c(NC(=O)c2cn(-c3ccccc3)cn2)c(=O)n(-c2ccccc2)n1C. The quantitative estimate of drug-likeness (QED) is 0.598. The van der Waals surface area contributed by atoms with Crippen LogP contribution in [0.3, 0.4) is 0 Å². The molecule has 7 nitrogen and oxygen atoms in total. The third-order valence-corrected chi connectivity index (χ3v) is 4.66. The molecule has 2 aromatic carbocycles. The van der Waals surface area contributed by atoms with E-state index in [-0.39, 0.29) is 16.9 Å².